The zero-order valence-corrected chi connectivity index (χ0v) is 22.5. The summed E-state index contributed by atoms with van der Waals surface area (Å²) in [7, 11) is 2.87. The summed E-state index contributed by atoms with van der Waals surface area (Å²) in [5.41, 5.74) is 0.0574. The van der Waals surface area contributed by atoms with E-state index >= 15 is 0 Å². The highest BCUT2D eigenvalue weighted by molar-refractivity contribution is 5.92. The first-order valence-corrected chi connectivity index (χ1v) is 13.6. The van der Waals surface area contributed by atoms with Gasteiger partial charge in [0.2, 0.25) is 0 Å². The average Bonchev–Trinajstić information content (AvgIpc) is 2.89. The van der Waals surface area contributed by atoms with Crippen molar-refractivity contribution < 1.29 is 38.6 Å². The minimum atomic E-state index is -1.07. The molecule has 36 heavy (non-hydrogen) atoms. The van der Waals surface area contributed by atoms with Crippen LogP contribution in [0.2, 0.25) is 0 Å². The van der Waals surface area contributed by atoms with Gasteiger partial charge in [0.25, 0.3) is 0 Å². The Morgan fingerprint density at radius 2 is 1.19 bits per heavy atom. The lowest BCUT2D eigenvalue weighted by molar-refractivity contribution is -0.452. The molecule has 0 aromatic heterocycles. The maximum atomic E-state index is 12.1. The standard InChI is InChI=1S/C28H46O8/c1-4-5-6-7-8-9-10-11-12-13-14-15-16-17-18-19-22-33-28(30)35-36-34-27(29)25-23-24(31-2)20-21-26(25)32-3/h20-21,23H,4-19,22H2,1-3H3. The molecule has 0 atom stereocenters. The summed E-state index contributed by atoms with van der Waals surface area (Å²) in [4.78, 5) is 32.4. The zero-order chi connectivity index (χ0) is 26.3. The summed E-state index contributed by atoms with van der Waals surface area (Å²) >= 11 is 0. The first-order chi connectivity index (χ1) is 17.6. The van der Waals surface area contributed by atoms with Gasteiger partial charge in [-0.1, -0.05) is 103 Å². The molecule has 1 aromatic carbocycles. The third-order valence-electron chi connectivity index (χ3n) is 6.06. The Hall–Kier alpha value is -2.48. The van der Waals surface area contributed by atoms with E-state index in [9.17, 15) is 9.59 Å². The number of benzene rings is 1. The van der Waals surface area contributed by atoms with E-state index in [2.05, 4.69) is 21.7 Å². The number of hydrogen-bond donors (Lipinski definition) is 0. The molecule has 0 heterocycles. The van der Waals surface area contributed by atoms with E-state index in [1.165, 1.54) is 104 Å². The minimum Gasteiger partial charge on any atom is -0.497 e. The molecular weight excluding hydrogens is 464 g/mol. The molecule has 0 saturated carbocycles. The smallest absolute Gasteiger partial charge is 0.497 e. The van der Waals surface area contributed by atoms with Crippen molar-refractivity contribution in [3.63, 3.8) is 0 Å². The molecule has 1 rings (SSSR count). The van der Waals surface area contributed by atoms with Gasteiger partial charge in [0.05, 0.1) is 25.9 Å². The van der Waals surface area contributed by atoms with Gasteiger partial charge in [0.1, 0.15) is 17.1 Å². The maximum absolute atomic E-state index is 12.1. The number of carbonyl (C=O) groups excluding carboxylic acids is 2. The van der Waals surface area contributed by atoms with E-state index in [-0.39, 0.29) is 17.9 Å². The van der Waals surface area contributed by atoms with Crippen molar-refractivity contribution in [3.05, 3.63) is 23.8 Å². The lowest BCUT2D eigenvalue weighted by Gasteiger charge is -2.08. The highest BCUT2D eigenvalue weighted by Crippen LogP contribution is 2.24. The highest BCUT2D eigenvalue weighted by atomic mass is 17.5. The van der Waals surface area contributed by atoms with E-state index in [0.717, 1.165) is 19.3 Å². The third-order valence-corrected chi connectivity index (χ3v) is 6.06. The van der Waals surface area contributed by atoms with Crippen LogP contribution in [0, 0.1) is 0 Å². The second-order valence-electron chi connectivity index (χ2n) is 8.99. The highest BCUT2D eigenvalue weighted by Gasteiger charge is 2.18. The van der Waals surface area contributed by atoms with Crippen LogP contribution in [0.5, 0.6) is 11.5 Å². The molecule has 0 amide bonds. The fourth-order valence-corrected chi connectivity index (χ4v) is 3.92. The summed E-state index contributed by atoms with van der Waals surface area (Å²) < 4.78 is 15.1. The number of hydrogen-bond acceptors (Lipinski definition) is 8. The van der Waals surface area contributed by atoms with Crippen molar-refractivity contribution in [2.45, 2.75) is 110 Å². The molecule has 0 unspecified atom stereocenters. The molecule has 0 aliphatic heterocycles. The van der Waals surface area contributed by atoms with E-state index in [1.807, 2.05) is 0 Å². The van der Waals surface area contributed by atoms with Crippen LogP contribution in [0.1, 0.15) is 120 Å². The van der Waals surface area contributed by atoms with Crippen molar-refractivity contribution in [1.29, 1.82) is 0 Å². The Kier molecular flexibility index (Phi) is 19.1. The number of unbranched alkanes of at least 4 members (excludes halogenated alkanes) is 15. The van der Waals surface area contributed by atoms with Crippen LogP contribution < -0.4 is 9.47 Å². The Bertz CT molecular complexity index is 707. The normalized spacial score (nSPS) is 10.6. The van der Waals surface area contributed by atoms with Crippen LogP contribution in [0.25, 0.3) is 0 Å². The third kappa shape index (κ3) is 15.5. The van der Waals surface area contributed by atoms with Crippen molar-refractivity contribution in [2.24, 2.45) is 0 Å². The Balaban J connectivity index is 1.93. The fourth-order valence-electron chi connectivity index (χ4n) is 3.92. The molecule has 8 nitrogen and oxygen atoms in total. The lowest BCUT2D eigenvalue weighted by atomic mass is 10.0. The molecule has 0 spiro atoms. The van der Waals surface area contributed by atoms with Crippen LogP contribution in [-0.2, 0) is 19.6 Å². The van der Waals surface area contributed by atoms with Gasteiger partial charge in [-0.2, -0.15) is 0 Å². The molecular formula is C28H46O8. The Labute approximate surface area is 216 Å². The van der Waals surface area contributed by atoms with Gasteiger partial charge < -0.3 is 14.2 Å². The minimum absolute atomic E-state index is 0.0574. The van der Waals surface area contributed by atoms with Gasteiger partial charge in [-0.25, -0.2) is 14.5 Å². The molecule has 0 bridgehead atoms. The molecule has 0 radical (unpaired) electrons. The summed E-state index contributed by atoms with van der Waals surface area (Å²) in [5.74, 6) is -0.214. The first-order valence-electron chi connectivity index (χ1n) is 13.6. The Morgan fingerprint density at radius 1 is 0.667 bits per heavy atom. The van der Waals surface area contributed by atoms with Crippen LogP contribution in [-0.4, -0.2) is 33.0 Å². The Morgan fingerprint density at radius 3 is 1.69 bits per heavy atom. The quantitative estimate of drug-likeness (QED) is 0.0668. The van der Waals surface area contributed by atoms with Gasteiger partial charge >= 0.3 is 12.1 Å². The SMILES string of the molecule is CCCCCCCCCCCCCCCCCCOC(=O)OOOC(=O)c1cc(OC)ccc1OC. The number of rotatable bonds is 22. The summed E-state index contributed by atoms with van der Waals surface area (Å²) in [5, 5.41) is 4.25. The predicted octanol–water partition coefficient (Wildman–Crippen LogP) is 8.12. The maximum Gasteiger partial charge on any atom is 0.543 e. The van der Waals surface area contributed by atoms with Crippen LogP contribution in [0.15, 0.2) is 18.2 Å². The molecule has 0 saturated heterocycles. The van der Waals surface area contributed by atoms with E-state index in [0.29, 0.717) is 5.75 Å². The van der Waals surface area contributed by atoms with E-state index in [4.69, 9.17) is 14.2 Å². The van der Waals surface area contributed by atoms with Crippen LogP contribution >= 0.6 is 0 Å². The van der Waals surface area contributed by atoms with Gasteiger partial charge in [0, 0.05) is 0 Å². The van der Waals surface area contributed by atoms with Gasteiger partial charge in [-0.15, -0.1) is 0 Å². The summed E-state index contributed by atoms with van der Waals surface area (Å²) in [6.45, 7) is 2.48. The molecule has 0 N–H and O–H groups in total. The molecule has 1 aromatic rings. The predicted molar refractivity (Wildman–Crippen MR) is 138 cm³/mol. The second-order valence-corrected chi connectivity index (χ2v) is 8.99. The van der Waals surface area contributed by atoms with Crippen molar-refractivity contribution in [3.8, 4) is 11.5 Å². The number of carbonyl (C=O) groups is 2. The summed E-state index contributed by atoms with van der Waals surface area (Å²) in [6, 6.07) is 4.59. The molecule has 8 heteroatoms. The first kappa shape index (κ1) is 31.5. The molecule has 0 aliphatic rings. The van der Waals surface area contributed by atoms with Crippen molar-refractivity contribution in [2.75, 3.05) is 20.8 Å². The number of ether oxygens (including phenoxy) is 3. The van der Waals surface area contributed by atoms with Gasteiger partial charge in [0.15, 0.2) is 0 Å². The fraction of sp³-hybridized carbons (Fsp3) is 0.714. The van der Waals surface area contributed by atoms with Crippen LogP contribution in [0.4, 0.5) is 4.79 Å². The second kappa shape index (κ2) is 21.8. The van der Waals surface area contributed by atoms with Crippen molar-refractivity contribution in [1.82, 2.24) is 0 Å². The van der Waals surface area contributed by atoms with Gasteiger partial charge in [-0.3, -0.25) is 4.89 Å². The van der Waals surface area contributed by atoms with Crippen molar-refractivity contribution >= 4 is 12.1 Å². The molecule has 0 aliphatic carbocycles. The van der Waals surface area contributed by atoms with E-state index < -0.39 is 12.1 Å². The molecule has 0 fully saturated rings. The largest absolute Gasteiger partial charge is 0.543 e. The summed E-state index contributed by atoms with van der Waals surface area (Å²) in [6.07, 6.45) is 19.3. The van der Waals surface area contributed by atoms with Crippen LogP contribution in [0.3, 0.4) is 0 Å². The van der Waals surface area contributed by atoms with Gasteiger partial charge in [-0.05, 0) is 24.6 Å². The number of methoxy groups -OCH3 is 2. The lowest BCUT2D eigenvalue weighted by Crippen LogP contribution is -2.13. The average molecular weight is 511 g/mol. The molecule has 206 valence electrons. The zero-order valence-electron chi connectivity index (χ0n) is 22.5. The topological polar surface area (TPSA) is 89.5 Å². The monoisotopic (exact) mass is 510 g/mol. The van der Waals surface area contributed by atoms with E-state index in [1.54, 1.807) is 12.1 Å².